The van der Waals surface area contributed by atoms with Crippen molar-refractivity contribution in [1.82, 2.24) is 14.7 Å². The van der Waals surface area contributed by atoms with Crippen LogP contribution in [0.15, 0.2) is 15.0 Å². The Morgan fingerprint density at radius 1 is 0.667 bits per heavy atom. The van der Waals surface area contributed by atoms with Crippen LogP contribution < -0.4 is 0 Å². The molecule has 0 aromatic rings. The molecule has 9 nitrogen and oxygen atoms in total. The van der Waals surface area contributed by atoms with Gasteiger partial charge < -0.3 is 0 Å². The Labute approximate surface area is 103 Å². The van der Waals surface area contributed by atoms with E-state index in [1.54, 1.807) is 0 Å². The van der Waals surface area contributed by atoms with Crippen molar-refractivity contribution in [3.8, 4) is 0 Å². The Morgan fingerprint density at radius 3 is 1.17 bits per heavy atom. The van der Waals surface area contributed by atoms with Crippen molar-refractivity contribution in [2.75, 3.05) is 40.0 Å². The molecule has 0 atom stereocenters. The lowest BCUT2D eigenvalue weighted by molar-refractivity contribution is -0.0245. The maximum atomic E-state index is 10.1. The van der Waals surface area contributed by atoms with Crippen molar-refractivity contribution < 1.29 is 14.4 Å². The molecule has 1 heterocycles. The van der Waals surface area contributed by atoms with Crippen molar-refractivity contribution >= 4 is 18.2 Å². The van der Waals surface area contributed by atoms with Gasteiger partial charge in [0.05, 0.1) is 20.0 Å². The summed E-state index contributed by atoms with van der Waals surface area (Å²) in [6.45, 7) is 2.05. The second kappa shape index (κ2) is 8.16. The maximum Gasteiger partial charge on any atom is 0.236 e. The van der Waals surface area contributed by atoms with Crippen molar-refractivity contribution in [2.45, 2.75) is 0 Å². The summed E-state index contributed by atoms with van der Waals surface area (Å²) in [6, 6.07) is 0. The predicted molar refractivity (Wildman–Crippen MR) is 59.1 cm³/mol. The standard InChI is InChI=1S/C9H12N6O3/c16-4-10-1-13-7-14(2-11-5-17)9-15(8-13)3-12-6-18/h1-3,7-9H2. The molecule has 1 saturated heterocycles. The first-order valence-corrected chi connectivity index (χ1v) is 5.08. The van der Waals surface area contributed by atoms with E-state index in [9.17, 15) is 14.4 Å². The average Bonchev–Trinajstić information content (AvgIpc) is 2.40. The molecule has 0 unspecified atom stereocenters. The van der Waals surface area contributed by atoms with Gasteiger partial charge in [-0.25, -0.2) is 14.4 Å². The van der Waals surface area contributed by atoms with E-state index < -0.39 is 0 Å². The number of hydrogen-bond donors (Lipinski definition) is 0. The Kier molecular flexibility index (Phi) is 6.38. The van der Waals surface area contributed by atoms with Crippen molar-refractivity contribution in [2.24, 2.45) is 15.0 Å². The van der Waals surface area contributed by atoms with E-state index in [0.29, 0.717) is 20.0 Å². The molecule has 9 heteroatoms. The van der Waals surface area contributed by atoms with Crippen LogP contribution in [-0.2, 0) is 14.4 Å². The molecule has 0 aromatic heterocycles. The highest BCUT2D eigenvalue weighted by molar-refractivity contribution is 5.33. The van der Waals surface area contributed by atoms with Gasteiger partial charge in [0.25, 0.3) is 0 Å². The van der Waals surface area contributed by atoms with Gasteiger partial charge in [0, 0.05) is 0 Å². The normalized spacial score (nSPS) is 17.3. The van der Waals surface area contributed by atoms with Crippen molar-refractivity contribution in [1.29, 1.82) is 0 Å². The first-order valence-electron chi connectivity index (χ1n) is 5.08. The van der Waals surface area contributed by atoms with Crippen LogP contribution in [0.1, 0.15) is 0 Å². The number of rotatable bonds is 6. The van der Waals surface area contributed by atoms with E-state index in [4.69, 9.17) is 0 Å². The second-order valence-corrected chi connectivity index (χ2v) is 3.61. The van der Waals surface area contributed by atoms with Crippen LogP contribution in [0, 0.1) is 0 Å². The van der Waals surface area contributed by atoms with E-state index in [0.717, 1.165) is 0 Å². The fourth-order valence-corrected chi connectivity index (χ4v) is 1.64. The quantitative estimate of drug-likeness (QED) is 0.428. The lowest BCUT2D eigenvalue weighted by Crippen LogP contribution is -2.54. The maximum absolute atomic E-state index is 10.1. The molecule has 0 spiro atoms. The fourth-order valence-electron chi connectivity index (χ4n) is 1.64. The molecule has 0 saturated carbocycles. The summed E-state index contributed by atoms with van der Waals surface area (Å²) in [4.78, 5) is 46.1. The van der Waals surface area contributed by atoms with Gasteiger partial charge in [-0.1, -0.05) is 0 Å². The van der Waals surface area contributed by atoms with Gasteiger partial charge >= 0.3 is 0 Å². The number of hydrogen-bond acceptors (Lipinski definition) is 9. The molecule has 0 N–H and O–H groups in total. The zero-order valence-electron chi connectivity index (χ0n) is 9.65. The highest BCUT2D eigenvalue weighted by Gasteiger charge is 2.22. The summed E-state index contributed by atoms with van der Waals surface area (Å²) in [5, 5.41) is 0. The van der Waals surface area contributed by atoms with Crippen LogP contribution in [-0.4, -0.2) is 73.0 Å². The SMILES string of the molecule is O=C=NCN1CN(CN=C=O)CN(CN=C=O)C1. The first kappa shape index (κ1) is 14.1. The predicted octanol–water partition coefficient (Wildman–Crippen LogP) is -1.34. The molecule has 1 rings (SSSR count). The molecule has 1 aliphatic rings. The van der Waals surface area contributed by atoms with E-state index in [2.05, 4.69) is 15.0 Å². The lowest BCUT2D eigenvalue weighted by atomic mass is 10.5. The minimum atomic E-state index is 0.187. The number of carbonyl (C=O) groups excluding carboxylic acids is 3. The smallest absolute Gasteiger partial charge is 0.236 e. The average molecular weight is 252 g/mol. The summed E-state index contributed by atoms with van der Waals surface area (Å²) in [5.41, 5.74) is 0. The van der Waals surface area contributed by atoms with Crippen LogP contribution >= 0.6 is 0 Å². The van der Waals surface area contributed by atoms with Gasteiger partial charge in [-0.15, -0.1) is 0 Å². The van der Waals surface area contributed by atoms with Gasteiger partial charge in [0.1, 0.15) is 20.0 Å². The van der Waals surface area contributed by atoms with E-state index >= 15 is 0 Å². The molecule has 0 amide bonds. The number of aliphatic imine (C=N–C) groups is 3. The third kappa shape index (κ3) is 4.90. The van der Waals surface area contributed by atoms with Crippen LogP contribution in [0.25, 0.3) is 0 Å². The van der Waals surface area contributed by atoms with E-state index in [-0.39, 0.29) is 20.0 Å². The molecule has 96 valence electrons. The minimum Gasteiger partial charge on any atom is -0.257 e. The Bertz CT molecular complexity index is 341. The van der Waals surface area contributed by atoms with Crippen LogP contribution in [0.4, 0.5) is 0 Å². The third-order valence-electron chi connectivity index (χ3n) is 2.21. The molecule has 18 heavy (non-hydrogen) atoms. The zero-order chi connectivity index (χ0) is 13.2. The van der Waals surface area contributed by atoms with E-state index in [1.165, 1.54) is 18.2 Å². The summed E-state index contributed by atoms with van der Waals surface area (Å²) in [6.07, 6.45) is 4.37. The Morgan fingerprint density at radius 2 is 0.944 bits per heavy atom. The molecule has 1 aliphatic heterocycles. The fraction of sp³-hybridized carbons (Fsp3) is 0.667. The van der Waals surface area contributed by atoms with Gasteiger partial charge in [-0.05, 0) is 0 Å². The third-order valence-corrected chi connectivity index (χ3v) is 2.21. The first-order chi connectivity index (χ1) is 8.80. The van der Waals surface area contributed by atoms with Crippen molar-refractivity contribution in [3.05, 3.63) is 0 Å². The summed E-state index contributed by atoms with van der Waals surface area (Å²) in [7, 11) is 0. The monoisotopic (exact) mass is 252 g/mol. The largest absolute Gasteiger partial charge is 0.257 e. The van der Waals surface area contributed by atoms with Crippen LogP contribution in [0.2, 0.25) is 0 Å². The summed E-state index contributed by atoms with van der Waals surface area (Å²) in [5.74, 6) is 0. The molecular formula is C9H12N6O3. The molecule has 0 bridgehead atoms. The highest BCUT2D eigenvalue weighted by Crippen LogP contribution is 2.07. The molecule has 0 aliphatic carbocycles. The molecule has 0 radical (unpaired) electrons. The second-order valence-electron chi connectivity index (χ2n) is 3.61. The van der Waals surface area contributed by atoms with Gasteiger partial charge in [0.2, 0.25) is 18.2 Å². The highest BCUT2D eigenvalue weighted by atomic mass is 16.1. The molecule has 0 aromatic carbocycles. The molecular weight excluding hydrogens is 240 g/mol. The summed E-state index contributed by atoms with van der Waals surface area (Å²) < 4.78 is 0. The number of nitrogens with zero attached hydrogens (tertiary/aromatic N) is 6. The van der Waals surface area contributed by atoms with Gasteiger partial charge in [0.15, 0.2) is 0 Å². The zero-order valence-corrected chi connectivity index (χ0v) is 9.65. The molecule has 1 fully saturated rings. The van der Waals surface area contributed by atoms with Gasteiger partial charge in [-0.2, -0.15) is 15.0 Å². The Balaban J connectivity index is 2.60. The number of isocyanates is 3. The van der Waals surface area contributed by atoms with Crippen molar-refractivity contribution in [3.63, 3.8) is 0 Å². The van der Waals surface area contributed by atoms with Gasteiger partial charge in [-0.3, -0.25) is 14.7 Å². The Hall–Kier alpha value is -1.98. The lowest BCUT2D eigenvalue weighted by Gasteiger charge is -2.39. The van der Waals surface area contributed by atoms with E-state index in [1.807, 2.05) is 14.7 Å². The topological polar surface area (TPSA) is 98.0 Å². The van der Waals surface area contributed by atoms with Crippen LogP contribution in [0.5, 0.6) is 0 Å². The van der Waals surface area contributed by atoms with Crippen LogP contribution in [0.3, 0.4) is 0 Å². The summed E-state index contributed by atoms with van der Waals surface area (Å²) >= 11 is 0. The minimum absolute atomic E-state index is 0.187.